The van der Waals surface area contributed by atoms with Crippen LogP contribution in [0.15, 0.2) is 24.3 Å². The van der Waals surface area contributed by atoms with Gasteiger partial charge in [-0.25, -0.2) is 0 Å². The maximum Gasteiger partial charge on any atom is 0.240 e. The van der Waals surface area contributed by atoms with Crippen molar-refractivity contribution in [2.75, 3.05) is 7.11 Å². The smallest absolute Gasteiger partial charge is 0.240 e. The standard InChI is InChI=1S/C15H22N2O2/c1-19-11-13-6-4-5-12(9-13)10-17-14(18)15(16)7-2-3-8-15/h4-6,9H,2-3,7-8,10-11,16H2,1H3,(H,17,18). The molecule has 104 valence electrons. The van der Waals surface area contributed by atoms with Crippen LogP contribution in [0.5, 0.6) is 0 Å². The molecule has 3 N–H and O–H groups in total. The summed E-state index contributed by atoms with van der Waals surface area (Å²) in [4.78, 5) is 12.1. The lowest BCUT2D eigenvalue weighted by atomic mass is 9.98. The summed E-state index contributed by atoms with van der Waals surface area (Å²) >= 11 is 0. The molecule has 0 radical (unpaired) electrons. The zero-order valence-corrected chi connectivity index (χ0v) is 11.4. The monoisotopic (exact) mass is 262 g/mol. The Balaban J connectivity index is 1.91. The van der Waals surface area contributed by atoms with Crippen LogP contribution in [0.25, 0.3) is 0 Å². The Kier molecular flexibility index (Phi) is 4.56. The number of carbonyl (C=O) groups is 1. The van der Waals surface area contributed by atoms with Crippen molar-refractivity contribution in [3.05, 3.63) is 35.4 Å². The molecule has 4 nitrogen and oxygen atoms in total. The molecular weight excluding hydrogens is 240 g/mol. The van der Waals surface area contributed by atoms with Crippen LogP contribution in [-0.4, -0.2) is 18.6 Å². The third kappa shape index (κ3) is 3.55. The molecule has 0 spiro atoms. The second kappa shape index (κ2) is 6.17. The fraction of sp³-hybridized carbons (Fsp3) is 0.533. The van der Waals surface area contributed by atoms with Gasteiger partial charge in [-0.2, -0.15) is 0 Å². The van der Waals surface area contributed by atoms with E-state index in [0.717, 1.165) is 36.8 Å². The van der Waals surface area contributed by atoms with Gasteiger partial charge in [-0.05, 0) is 24.0 Å². The number of hydrogen-bond acceptors (Lipinski definition) is 3. The van der Waals surface area contributed by atoms with Gasteiger partial charge in [0, 0.05) is 13.7 Å². The van der Waals surface area contributed by atoms with Crippen LogP contribution in [0.4, 0.5) is 0 Å². The van der Waals surface area contributed by atoms with E-state index < -0.39 is 5.54 Å². The first-order chi connectivity index (χ1) is 9.14. The zero-order valence-electron chi connectivity index (χ0n) is 11.4. The molecule has 1 aromatic rings. The minimum Gasteiger partial charge on any atom is -0.380 e. The number of nitrogens with one attached hydrogen (secondary N) is 1. The first kappa shape index (κ1) is 14.0. The first-order valence-electron chi connectivity index (χ1n) is 6.78. The van der Waals surface area contributed by atoms with Crippen molar-refractivity contribution in [1.82, 2.24) is 5.32 Å². The van der Waals surface area contributed by atoms with Crippen LogP contribution in [0, 0.1) is 0 Å². The van der Waals surface area contributed by atoms with E-state index in [9.17, 15) is 4.79 Å². The predicted molar refractivity (Wildman–Crippen MR) is 74.4 cm³/mol. The van der Waals surface area contributed by atoms with Gasteiger partial charge >= 0.3 is 0 Å². The fourth-order valence-corrected chi connectivity index (χ4v) is 2.59. The molecule has 0 heterocycles. The fourth-order valence-electron chi connectivity index (χ4n) is 2.59. The average Bonchev–Trinajstić information content (AvgIpc) is 2.85. The molecule has 19 heavy (non-hydrogen) atoms. The van der Waals surface area contributed by atoms with Crippen LogP contribution in [0.2, 0.25) is 0 Å². The van der Waals surface area contributed by atoms with Crippen molar-refractivity contribution in [2.24, 2.45) is 5.73 Å². The number of rotatable bonds is 5. The molecule has 0 bridgehead atoms. The van der Waals surface area contributed by atoms with E-state index in [4.69, 9.17) is 10.5 Å². The van der Waals surface area contributed by atoms with Crippen LogP contribution in [0.3, 0.4) is 0 Å². The van der Waals surface area contributed by atoms with Crippen molar-refractivity contribution >= 4 is 5.91 Å². The Labute approximate surface area is 114 Å². The van der Waals surface area contributed by atoms with E-state index in [-0.39, 0.29) is 5.91 Å². The van der Waals surface area contributed by atoms with Gasteiger partial charge in [-0.15, -0.1) is 0 Å². The van der Waals surface area contributed by atoms with Gasteiger partial charge in [-0.3, -0.25) is 4.79 Å². The zero-order chi connectivity index (χ0) is 13.7. The largest absolute Gasteiger partial charge is 0.380 e. The third-order valence-electron chi connectivity index (χ3n) is 3.70. The average molecular weight is 262 g/mol. The lowest BCUT2D eigenvalue weighted by molar-refractivity contribution is -0.126. The molecule has 1 aliphatic carbocycles. The molecule has 1 saturated carbocycles. The SMILES string of the molecule is COCc1cccc(CNC(=O)C2(N)CCCC2)c1. The number of ether oxygens (including phenoxy) is 1. The maximum atomic E-state index is 12.1. The minimum absolute atomic E-state index is 0.0258. The van der Waals surface area contributed by atoms with Gasteiger partial charge < -0.3 is 15.8 Å². The summed E-state index contributed by atoms with van der Waals surface area (Å²) in [6.45, 7) is 1.11. The topological polar surface area (TPSA) is 64.3 Å². The van der Waals surface area contributed by atoms with E-state index in [1.54, 1.807) is 7.11 Å². The number of methoxy groups -OCH3 is 1. The Morgan fingerprint density at radius 2 is 2.05 bits per heavy atom. The molecule has 0 aromatic heterocycles. The highest BCUT2D eigenvalue weighted by Gasteiger charge is 2.36. The normalized spacial score (nSPS) is 17.4. The molecule has 1 aromatic carbocycles. The van der Waals surface area contributed by atoms with E-state index in [2.05, 4.69) is 5.32 Å². The molecule has 1 aliphatic rings. The van der Waals surface area contributed by atoms with Crippen LogP contribution < -0.4 is 11.1 Å². The summed E-state index contributed by atoms with van der Waals surface area (Å²) < 4.78 is 5.10. The molecule has 0 saturated heterocycles. The lowest BCUT2D eigenvalue weighted by Crippen LogP contribution is -2.51. The summed E-state index contributed by atoms with van der Waals surface area (Å²) in [5.74, 6) is -0.0258. The van der Waals surface area contributed by atoms with Crippen molar-refractivity contribution in [3.63, 3.8) is 0 Å². The van der Waals surface area contributed by atoms with Crippen molar-refractivity contribution < 1.29 is 9.53 Å². The van der Waals surface area contributed by atoms with Gasteiger partial charge in [0.05, 0.1) is 12.1 Å². The summed E-state index contributed by atoms with van der Waals surface area (Å²) in [5.41, 5.74) is 7.65. The number of amides is 1. The summed E-state index contributed by atoms with van der Waals surface area (Å²) in [6.07, 6.45) is 3.69. The Bertz CT molecular complexity index is 440. The van der Waals surface area contributed by atoms with Crippen LogP contribution in [0.1, 0.15) is 36.8 Å². The Morgan fingerprint density at radius 1 is 1.37 bits per heavy atom. The van der Waals surface area contributed by atoms with E-state index in [1.807, 2.05) is 24.3 Å². The second-order valence-corrected chi connectivity index (χ2v) is 5.30. The van der Waals surface area contributed by atoms with Gasteiger partial charge in [0.15, 0.2) is 0 Å². The highest BCUT2D eigenvalue weighted by Crippen LogP contribution is 2.27. The minimum atomic E-state index is -0.649. The predicted octanol–water partition coefficient (Wildman–Crippen LogP) is 1.72. The third-order valence-corrected chi connectivity index (χ3v) is 3.70. The van der Waals surface area contributed by atoms with E-state index in [0.29, 0.717) is 13.2 Å². The molecule has 0 aliphatic heterocycles. The number of hydrogen-bond donors (Lipinski definition) is 2. The molecule has 4 heteroatoms. The maximum absolute atomic E-state index is 12.1. The number of nitrogens with two attached hydrogens (primary N) is 1. The molecule has 2 rings (SSSR count). The first-order valence-corrected chi connectivity index (χ1v) is 6.78. The summed E-state index contributed by atoms with van der Waals surface area (Å²) in [7, 11) is 1.67. The number of carbonyl (C=O) groups excluding carboxylic acids is 1. The summed E-state index contributed by atoms with van der Waals surface area (Å²) in [5, 5.41) is 2.95. The lowest BCUT2D eigenvalue weighted by Gasteiger charge is -2.22. The molecule has 0 unspecified atom stereocenters. The van der Waals surface area contributed by atoms with Crippen molar-refractivity contribution in [1.29, 1.82) is 0 Å². The van der Waals surface area contributed by atoms with Crippen LogP contribution in [-0.2, 0) is 22.7 Å². The molecule has 1 fully saturated rings. The van der Waals surface area contributed by atoms with Crippen molar-refractivity contribution in [2.45, 2.75) is 44.4 Å². The van der Waals surface area contributed by atoms with Crippen LogP contribution >= 0.6 is 0 Å². The van der Waals surface area contributed by atoms with Crippen molar-refractivity contribution in [3.8, 4) is 0 Å². The molecule has 1 amide bonds. The number of benzene rings is 1. The van der Waals surface area contributed by atoms with Gasteiger partial charge in [0.25, 0.3) is 0 Å². The quantitative estimate of drug-likeness (QED) is 0.849. The summed E-state index contributed by atoms with van der Waals surface area (Å²) in [6, 6.07) is 8.03. The molecule has 0 atom stereocenters. The van der Waals surface area contributed by atoms with Gasteiger partial charge in [-0.1, -0.05) is 37.1 Å². The van der Waals surface area contributed by atoms with E-state index in [1.165, 1.54) is 0 Å². The highest BCUT2D eigenvalue weighted by molar-refractivity contribution is 5.86. The Morgan fingerprint density at radius 3 is 2.74 bits per heavy atom. The Hall–Kier alpha value is -1.39. The van der Waals surface area contributed by atoms with Gasteiger partial charge in [0.2, 0.25) is 5.91 Å². The molecular formula is C15H22N2O2. The van der Waals surface area contributed by atoms with Gasteiger partial charge in [0.1, 0.15) is 0 Å². The van der Waals surface area contributed by atoms with E-state index >= 15 is 0 Å². The second-order valence-electron chi connectivity index (χ2n) is 5.30. The highest BCUT2D eigenvalue weighted by atomic mass is 16.5.